The average Bonchev–Trinajstić information content (AvgIpc) is 3.20. The Labute approximate surface area is 209 Å². The van der Waals surface area contributed by atoms with Crippen LogP contribution in [-0.2, 0) is 17.6 Å². The van der Waals surface area contributed by atoms with Gasteiger partial charge in [-0.15, -0.1) is 11.3 Å². The number of carbonyl (C=O) groups excluding carboxylic acids is 1. The van der Waals surface area contributed by atoms with Gasteiger partial charge in [0.2, 0.25) is 5.91 Å². The SMILES string of the molecule is Cc1c(Cl)cccc1-n1c(SCC(=O)Nc2ccc(F)cc2)nc2sc3c(c2c1=O)CCCC3. The number of aromatic nitrogens is 2. The number of fused-ring (bicyclic) bond motifs is 3. The van der Waals surface area contributed by atoms with E-state index in [1.54, 1.807) is 28.0 Å². The zero-order valence-corrected chi connectivity index (χ0v) is 20.7. The minimum Gasteiger partial charge on any atom is -0.325 e. The second-order valence-electron chi connectivity index (χ2n) is 8.15. The minimum absolute atomic E-state index is 0.0417. The molecular weight excluding hydrogens is 493 g/mol. The Kier molecular flexibility index (Phi) is 6.46. The summed E-state index contributed by atoms with van der Waals surface area (Å²) in [7, 11) is 0. The summed E-state index contributed by atoms with van der Waals surface area (Å²) in [5, 5.41) is 4.43. The largest absolute Gasteiger partial charge is 0.325 e. The Morgan fingerprint density at radius 3 is 2.76 bits per heavy atom. The molecule has 1 N–H and O–H groups in total. The number of nitrogens with one attached hydrogen (secondary N) is 1. The summed E-state index contributed by atoms with van der Waals surface area (Å²) >= 11 is 9.15. The first kappa shape index (κ1) is 23.1. The number of thiophene rings is 1. The lowest BCUT2D eigenvalue weighted by Crippen LogP contribution is -2.24. The van der Waals surface area contributed by atoms with Crippen LogP contribution in [-0.4, -0.2) is 21.2 Å². The number of halogens is 2. The maximum Gasteiger partial charge on any atom is 0.267 e. The van der Waals surface area contributed by atoms with Crippen LogP contribution in [0.15, 0.2) is 52.4 Å². The molecule has 5 nitrogen and oxygen atoms in total. The summed E-state index contributed by atoms with van der Waals surface area (Å²) in [6.07, 6.45) is 4.03. The average molecular weight is 514 g/mol. The van der Waals surface area contributed by atoms with Gasteiger partial charge in [-0.2, -0.15) is 0 Å². The number of amides is 1. The van der Waals surface area contributed by atoms with Gasteiger partial charge in [0.05, 0.1) is 16.8 Å². The molecule has 0 aliphatic heterocycles. The number of hydrogen-bond acceptors (Lipinski definition) is 5. The summed E-state index contributed by atoms with van der Waals surface area (Å²) < 4.78 is 14.7. The van der Waals surface area contributed by atoms with Crippen LogP contribution in [0, 0.1) is 12.7 Å². The van der Waals surface area contributed by atoms with Crippen LogP contribution in [0.3, 0.4) is 0 Å². The van der Waals surface area contributed by atoms with Gasteiger partial charge in [0.15, 0.2) is 5.16 Å². The molecule has 174 valence electrons. The van der Waals surface area contributed by atoms with Crippen molar-refractivity contribution in [2.24, 2.45) is 0 Å². The van der Waals surface area contributed by atoms with Crippen LogP contribution in [0.5, 0.6) is 0 Å². The van der Waals surface area contributed by atoms with Gasteiger partial charge < -0.3 is 5.32 Å². The van der Waals surface area contributed by atoms with Gasteiger partial charge in [0, 0.05) is 15.6 Å². The van der Waals surface area contributed by atoms with Gasteiger partial charge in [-0.05, 0) is 80.1 Å². The van der Waals surface area contributed by atoms with Crippen molar-refractivity contribution < 1.29 is 9.18 Å². The lowest BCUT2D eigenvalue weighted by molar-refractivity contribution is -0.113. The van der Waals surface area contributed by atoms with Gasteiger partial charge in [-0.1, -0.05) is 29.4 Å². The Hall–Kier alpha value is -2.68. The molecule has 2 aromatic carbocycles. The third-order valence-electron chi connectivity index (χ3n) is 5.90. The topological polar surface area (TPSA) is 64.0 Å². The molecule has 0 bridgehead atoms. The number of thioether (sulfide) groups is 1. The summed E-state index contributed by atoms with van der Waals surface area (Å²) in [6.45, 7) is 1.87. The number of rotatable bonds is 5. The highest BCUT2D eigenvalue weighted by Gasteiger charge is 2.24. The molecule has 0 saturated carbocycles. The first-order valence-electron chi connectivity index (χ1n) is 10.9. The van der Waals surface area contributed by atoms with Gasteiger partial charge in [-0.25, -0.2) is 9.37 Å². The number of carbonyl (C=O) groups is 1. The molecule has 0 fully saturated rings. The number of hydrogen-bond donors (Lipinski definition) is 1. The smallest absolute Gasteiger partial charge is 0.267 e. The number of aryl methyl sites for hydroxylation is 2. The third-order valence-corrected chi connectivity index (χ3v) is 8.43. The Morgan fingerprint density at radius 2 is 1.97 bits per heavy atom. The molecule has 0 atom stereocenters. The fourth-order valence-electron chi connectivity index (χ4n) is 4.19. The highest BCUT2D eigenvalue weighted by molar-refractivity contribution is 7.99. The summed E-state index contributed by atoms with van der Waals surface area (Å²) in [5.74, 6) is -0.602. The van der Waals surface area contributed by atoms with E-state index < -0.39 is 0 Å². The lowest BCUT2D eigenvalue weighted by Gasteiger charge is -2.16. The molecule has 2 heterocycles. The van der Waals surface area contributed by atoms with Crippen LogP contribution < -0.4 is 10.9 Å². The van der Waals surface area contributed by atoms with Crippen molar-refractivity contribution in [3.05, 3.63) is 79.7 Å². The van der Waals surface area contributed by atoms with Crippen molar-refractivity contribution in [3.63, 3.8) is 0 Å². The van der Waals surface area contributed by atoms with Crippen molar-refractivity contribution >= 4 is 56.5 Å². The quantitative estimate of drug-likeness (QED) is 0.256. The van der Waals surface area contributed by atoms with Crippen LogP contribution in [0.4, 0.5) is 10.1 Å². The Bertz CT molecular complexity index is 1460. The molecule has 1 amide bonds. The van der Waals surface area contributed by atoms with Crippen LogP contribution in [0.25, 0.3) is 15.9 Å². The van der Waals surface area contributed by atoms with Gasteiger partial charge >= 0.3 is 0 Å². The molecular formula is C25H21ClFN3O2S2. The van der Waals surface area contributed by atoms with Crippen LogP contribution in [0.1, 0.15) is 28.8 Å². The summed E-state index contributed by atoms with van der Waals surface area (Å²) in [4.78, 5) is 33.2. The van der Waals surface area contributed by atoms with Crippen molar-refractivity contribution in [2.75, 3.05) is 11.1 Å². The fourth-order valence-corrected chi connectivity index (χ4v) is 6.47. The zero-order valence-electron chi connectivity index (χ0n) is 18.4. The number of anilines is 1. The molecule has 1 aliphatic carbocycles. The molecule has 9 heteroatoms. The van der Waals surface area contributed by atoms with E-state index >= 15 is 0 Å². The van der Waals surface area contributed by atoms with Crippen molar-refractivity contribution in [1.82, 2.24) is 9.55 Å². The van der Waals surface area contributed by atoms with Crippen molar-refractivity contribution in [3.8, 4) is 5.69 Å². The zero-order chi connectivity index (χ0) is 23.8. The molecule has 2 aromatic heterocycles. The Morgan fingerprint density at radius 1 is 1.21 bits per heavy atom. The van der Waals surface area contributed by atoms with Gasteiger partial charge in [-0.3, -0.25) is 14.2 Å². The summed E-state index contributed by atoms with van der Waals surface area (Å²) in [5.41, 5.74) is 2.92. The van der Waals surface area contributed by atoms with E-state index in [-0.39, 0.29) is 23.0 Å². The van der Waals surface area contributed by atoms with E-state index in [0.717, 1.165) is 36.8 Å². The van der Waals surface area contributed by atoms with Crippen LogP contribution in [0.2, 0.25) is 5.02 Å². The predicted octanol–water partition coefficient (Wildman–Crippen LogP) is 6.16. The fraction of sp³-hybridized carbons (Fsp3) is 0.240. The van der Waals surface area contributed by atoms with Crippen LogP contribution >= 0.6 is 34.7 Å². The lowest BCUT2D eigenvalue weighted by atomic mass is 9.97. The van der Waals surface area contributed by atoms with E-state index in [4.69, 9.17) is 16.6 Å². The predicted molar refractivity (Wildman–Crippen MR) is 137 cm³/mol. The first-order chi connectivity index (χ1) is 16.4. The van der Waals surface area contributed by atoms with Gasteiger partial charge in [0.1, 0.15) is 10.6 Å². The second-order valence-corrected chi connectivity index (χ2v) is 10.6. The van der Waals surface area contributed by atoms with E-state index in [1.165, 1.54) is 40.9 Å². The molecule has 5 rings (SSSR count). The van der Waals surface area contributed by atoms with E-state index in [1.807, 2.05) is 13.0 Å². The van der Waals surface area contributed by atoms with Crippen molar-refractivity contribution in [2.45, 2.75) is 37.8 Å². The molecule has 0 radical (unpaired) electrons. The normalized spacial score (nSPS) is 13.1. The Balaban J connectivity index is 1.55. The summed E-state index contributed by atoms with van der Waals surface area (Å²) in [6, 6.07) is 11.0. The highest BCUT2D eigenvalue weighted by Crippen LogP contribution is 2.36. The molecule has 34 heavy (non-hydrogen) atoms. The highest BCUT2D eigenvalue weighted by atomic mass is 35.5. The first-order valence-corrected chi connectivity index (χ1v) is 13.1. The molecule has 0 spiro atoms. The number of benzene rings is 2. The van der Waals surface area contributed by atoms with E-state index in [0.29, 0.717) is 31.8 Å². The standard InChI is InChI=1S/C25H21ClFN3O2S2/c1-14-18(26)6-4-7-19(14)30-24(32)22-17-5-2-3-8-20(17)34-23(22)29-25(30)33-13-21(31)28-16-11-9-15(27)10-12-16/h4,6-7,9-12H,2-3,5,8,13H2,1H3,(H,28,31). The second kappa shape index (κ2) is 9.52. The third kappa shape index (κ3) is 4.37. The molecule has 1 aliphatic rings. The maximum atomic E-state index is 13.9. The van der Waals surface area contributed by atoms with E-state index in [9.17, 15) is 14.0 Å². The molecule has 0 unspecified atom stereocenters. The van der Waals surface area contributed by atoms with Crippen molar-refractivity contribution in [1.29, 1.82) is 0 Å². The molecule has 0 saturated heterocycles. The number of nitrogens with zero attached hydrogens (tertiary/aromatic N) is 2. The monoisotopic (exact) mass is 513 g/mol. The van der Waals surface area contributed by atoms with E-state index in [2.05, 4.69) is 5.32 Å². The maximum absolute atomic E-state index is 13.9. The van der Waals surface area contributed by atoms with Gasteiger partial charge in [0.25, 0.3) is 5.56 Å². The minimum atomic E-state index is -0.371. The molecule has 4 aromatic rings.